The maximum Gasteiger partial charge on any atom is 0.237 e. The van der Waals surface area contributed by atoms with Crippen molar-refractivity contribution in [2.24, 2.45) is 5.41 Å². The van der Waals surface area contributed by atoms with Crippen molar-refractivity contribution in [1.82, 2.24) is 15.5 Å². The van der Waals surface area contributed by atoms with Gasteiger partial charge in [0.2, 0.25) is 5.91 Å². The zero-order valence-corrected chi connectivity index (χ0v) is 25.9. The monoisotopic (exact) mass is 632 g/mol. The van der Waals surface area contributed by atoms with Crippen LogP contribution in [0.4, 0.5) is 10.1 Å². The number of aliphatic hydroxyl groups is 1. The normalized spacial score (nSPS) is 27.2. The molecule has 0 saturated carbocycles. The third-order valence-corrected chi connectivity index (χ3v) is 9.28. The van der Waals surface area contributed by atoms with E-state index in [-0.39, 0.29) is 17.4 Å². The lowest BCUT2D eigenvalue weighted by molar-refractivity contribution is -0.122. The number of anilines is 1. The summed E-state index contributed by atoms with van der Waals surface area (Å²) in [7, 11) is 1.59. The molecule has 2 aromatic rings. The first-order valence-electron chi connectivity index (χ1n) is 14.5. The van der Waals surface area contributed by atoms with E-state index in [2.05, 4.69) is 57.6 Å². The Labute approximate surface area is 250 Å². The van der Waals surface area contributed by atoms with Gasteiger partial charge in [-0.1, -0.05) is 39.0 Å². The Hall–Kier alpha value is -2.08. The predicted molar refractivity (Wildman–Crippen MR) is 161 cm³/mol. The number of halogens is 2. The number of nitrogens with one attached hydrogen (secondary N) is 3. The second kappa shape index (κ2) is 12.3. The average Bonchev–Trinajstić information content (AvgIpc) is 3.42. The number of aliphatic hydroxyl groups excluding tert-OH is 1. The summed E-state index contributed by atoms with van der Waals surface area (Å²) in [6, 6.07) is 9.76. The van der Waals surface area contributed by atoms with Crippen LogP contribution in [0.3, 0.4) is 0 Å². The van der Waals surface area contributed by atoms with Gasteiger partial charge in [-0.3, -0.25) is 15.0 Å². The second-order valence-corrected chi connectivity index (χ2v) is 13.4. The summed E-state index contributed by atoms with van der Waals surface area (Å²) in [4.78, 5) is 16.6. The van der Waals surface area contributed by atoms with Crippen molar-refractivity contribution in [2.45, 2.75) is 63.3 Å². The SMILES string of the molecule is COc1ccc2c(c1)NC(=O)[C@]21[C@@H](CC(C)(C)C)N[C@@H](C(O)NCCCN2CCOCC2)[C@@H]1c1cccc(Br)c1F. The number of nitrogens with zero attached hydrogens (tertiary/aromatic N) is 1. The van der Waals surface area contributed by atoms with Gasteiger partial charge in [0.05, 0.1) is 30.8 Å². The molecule has 3 aliphatic rings. The van der Waals surface area contributed by atoms with E-state index in [9.17, 15) is 9.90 Å². The highest BCUT2D eigenvalue weighted by molar-refractivity contribution is 9.10. The summed E-state index contributed by atoms with van der Waals surface area (Å²) in [6.07, 6.45) is 0.470. The lowest BCUT2D eigenvalue weighted by atomic mass is 9.62. The molecule has 2 saturated heterocycles. The van der Waals surface area contributed by atoms with Crippen molar-refractivity contribution in [3.63, 3.8) is 0 Å². The van der Waals surface area contributed by atoms with Crippen LogP contribution < -0.4 is 20.7 Å². The maximum atomic E-state index is 16.0. The van der Waals surface area contributed by atoms with E-state index in [1.165, 1.54) is 0 Å². The van der Waals surface area contributed by atoms with Crippen LogP contribution in [-0.4, -0.2) is 80.7 Å². The van der Waals surface area contributed by atoms with Crippen LogP contribution in [0.2, 0.25) is 0 Å². The van der Waals surface area contributed by atoms with Gasteiger partial charge in [0, 0.05) is 36.8 Å². The minimum Gasteiger partial charge on any atom is -0.497 e. The van der Waals surface area contributed by atoms with Crippen molar-refractivity contribution in [3.8, 4) is 5.75 Å². The van der Waals surface area contributed by atoms with Crippen LogP contribution in [0.15, 0.2) is 40.9 Å². The van der Waals surface area contributed by atoms with Gasteiger partial charge in [-0.15, -0.1) is 0 Å². The van der Waals surface area contributed by atoms with Crippen LogP contribution in [0.1, 0.15) is 50.7 Å². The molecule has 0 aliphatic carbocycles. The lowest BCUT2D eigenvalue weighted by Gasteiger charge is -2.38. The van der Waals surface area contributed by atoms with Gasteiger partial charge in [0.1, 0.15) is 23.2 Å². The molecule has 0 aromatic heterocycles. The number of rotatable bonds is 9. The first kappa shape index (κ1) is 30.4. The molecule has 4 N–H and O–H groups in total. The maximum absolute atomic E-state index is 16.0. The highest BCUT2D eigenvalue weighted by Crippen LogP contribution is 2.57. The van der Waals surface area contributed by atoms with E-state index in [4.69, 9.17) is 9.47 Å². The van der Waals surface area contributed by atoms with E-state index in [1.807, 2.05) is 18.2 Å². The summed E-state index contributed by atoms with van der Waals surface area (Å²) in [6.45, 7) is 11.2. The molecule has 5 rings (SSSR count). The predicted octanol–water partition coefficient (Wildman–Crippen LogP) is 3.98. The van der Waals surface area contributed by atoms with Crippen LogP contribution in [-0.2, 0) is 14.9 Å². The van der Waals surface area contributed by atoms with Gasteiger partial charge in [0.15, 0.2) is 0 Å². The number of amides is 1. The Balaban J connectivity index is 1.54. The number of fused-ring (bicyclic) bond motifs is 2. The standard InChI is InChI=1S/C31H42BrFN4O4/c1-30(2,3)18-24-31(21-10-9-19(40-4)17-23(21)35-29(31)39)25(20-7-5-8-22(32)26(20)33)27(36-24)28(38)34-11-6-12-37-13-15-41-16-14-37/h5,7-10,17,24-25,27-28,34,36,38H,6,11-16,18H2,1-4H3,(H,35,39)/t24-,25+,27-,28?,31+/m1/s1. The number of hydrogen-bond donors (Lipinski definition) is 4. The number of carbonyl (C=O) groups is 1. The fourth-order valence-corrected chi connectivity index (χ4v) is 7.27. The Kier molecular flexibility index (Phi) is 9.09. The number of hydrogen-bond acceptors (Lipinski definition) is 7. The Morgan fingerprint density at radius 1 is 1.27 bits per heavy atom. The van der Waals surface area contributed by atoms with E-state index in [0.717, 1.165) is 44.8 Å². The Morgan fingerprint density at radius 2 is 2.02 bits per heavy atom. The fourth-order valence-electron chi connectivity index (χ4n) is 6.89. The average molecular weight is 634 g/mol. The molecule has 0 radical (unpaired) electrons. The Morgan fingerprint density at radius 3 is 2.73 bits per heavy atom. The first-order chi connectivity index (χ1) is 19.6. The molecule has 10 heteroatoms. The van der Waals surface area contributed by atoms with Crippen molar-refractivity contribution >= 4 is 27.5 Å². The van der Waals surface area contributed by atoms with Crippen LogP contribution >= 0.6 is 15.9 Å². The van der Waals surface area contributed by atoms with E-state index in [1.54, 1.807) is 25.3 Å². The highest BCUT2D eigenvalue weighted by atomic mass is 79.9. The molecule has 2 aromatic carbocycles. The van der Waals surface area contributed by atoms with Gasteiger partial charge >= 0.3 is 0 Å². The smallest absolute Gasteiger partial charge is 0.237 e. The van der Waals surface area contributed by atoms with Crippen LogP contribution in [0.25, 0.3) is 0 Å². The van der Waals surface area contributed by atoms with Crippen molar-refractivity contribution in [2.75, 3.05) is 51.8 Å². The van der Waals surface area contributed by atoms with Crippen LogP contribution in [0, 0.1) is 11.2 Å². The molecule has 3 aliphatic heterocycles. The summed E-state index contributed by atoms with van der Waals surface area (Å²) < 4.78 is 27.2. The Bertz CT molecular complexity index is 1250. The van der Waals surface area contributed by atoms with Crippen molar-refractivity contribution < 1.29 is 23.8 Å². The molecule has 1 unspecified atom stereocenters. The van der Waals surface area contributed by atoms with Crippen molar-refractivity contribution in [3.05, 3.63) is 57.8 Å². The van der Waals surface area contributed by atoms with Gasteiger partial charge in [-0.25, -0.2) is 4.39 Å². The third-order valence-electron chi connectivity index (χ3n) is 8.67. The minimum absolute atomic E-state index is 0.147. The van der Waals surface area contributed by atoms with E-state index < -0.39 is 29.4 Å². The number of ether oxygens (including phenoxy) is 2. The molecule has 5 atom stereocenters. The van der Waals surface area contributed by atoms with Gasteiger partial charge in [0.25, 0.3) is 0 Å². The largest absolute Gasteiger partial charge is 0.497 e. The van der Waals surface area contributed by atoms with E-state index >= 15 is 4.39 Å². The molecule has 41 heavy (non-hydrogen) atoms. The number of benzene rings is 2. The quantitative estimate of drug-likeness (QED) is 0.245. The number of morpholine rings is 1. The first-order valence-corrected chi connectivity index (χ1v) is 15.3. The van der Waals surface area contributed by atoms with Crippen LogP contribution in [0.5, 0.6) is 5.75 Å². The van der Waals surface area contributed by atoms with Gasteiger partial charge < -0.3 is 25.2 Å². The van der Waals surface area contributed by atoms with E-state index in [0.29, 0.717) is 34.4 Å². The molecular formula is C31H42BrFN4O4. The molecule has 0 bridgehead atoms. The minimum atomic E-state index is -1.16. The summed E-state index contributed by atoms with van der Waals surface area (Å²) >= 11 is 3.36. The molecule has 3 heterocycles. The fraction of sp³-hybridized carbons (Fsp3) is 0.581. The highest BCUT2D eigenvalue weighted by Gasteiger charge is 2.65. The zero-order valence-electron chi connectivity index (χ0n) is 24.3. The number of carbonyl (C=O) groups excluding carboxylic acids is 1. The summed E-state index contributed by atoms with van der Waals surface area (Å²) in [5, 5.41) is 21.7. The van der Waals surface area contributed by atoms with Gasteiger partial charge in [-0.05, 0) is 70.5 Å². The lowest BCUT2D eigenvalue weighted by Crippen LogP contribution is -2.50. The molecular weight excluding hydrogens is 591 g/mol. The second-order valence-electron chi connectivity index (χ2n) is 12.6. The van der Waals surface area contributed by atoms with Gasteiger partial charge in [-0.2, -0.15) is 0 Å². The number of methoxy groups -OCH3 is 1. The molecule has 1 spiro atoms. The zero-order chi connectivity index (χ0) is 29.4. The molecule has 2 fully saturated rings. The third kappa shape index (κ3) is 5.92. The molecule has 8 nitrogen and oxygen atoms in total. The van der Waals surface area contributed by atoms with Crippen molar-refractivity contribution in [1.29, 1.82) is 0 Å². The molecule has 1 amide bonds. The summed E-state index contributed by atoms with van der Waals surface area (Å²) in [5.74, 6) is -0.685. The topological polar surface area (TPSA) is 95.1 Å². The molecule has 224 valence electrons. The summed E-state index contributed by atoms with van der Waals surface area (Å²) in [5.41, 5.74) is 0.533.